The third kappa shape index (κ3) is 2.68. The molecule has 1 saturated carbocycles. The van der Waals surface area contributed by atoms with Crippen LogP contribution in [0.4, 0.5) is 0 Å². The van der Waals surface area contributed by atoms with Crippen LogP contribution in [0.5, 0.6) is 0 Å². The highest BCUT2D eigenvalue weighted by atomic mass is 15.2. The van der Waals surface area contributed by atoms with Gasteiger partial charge in [-0.2, -0.15) is 0 Å². The van der Waals surface area contributed by atoms with Gasteiger partial charge < -0.3 is 5.73 Å². The minimum atomic E-state index is 0.343. The Balaban J connectivity index is 2.09. The van der Waals surface area contributed by atoms with Crippen LogP contribution in [0.2, 0.25) is 0 Å². The first-order valence-corrected chi connectivity index (χ1v) is 7.57. The molecule has 1 heterocycles. The van der Waals surface area contributed by atoms with E-state index in [0.29, 0.717) is 17.5 Å². The van der Waals surface area contributed by atoms with Crippen LogP contribution >= 0.6 is 0 Å². The normalized spacial score (nSPS) is 39.2. The third-order valence-corrected chi connectivity index (χ3v) is 5.22. The summed E-state index contributed by atoms with van der Waals surface area (Å²) in [5.74, 6) is 0. The van der Waals surface area contributed by atoms with Gasteiger partial charge in [-0.1, -0.05) is 33.6 Å². The average Bonchev–Trinajstić information content (AvgIpc) is 2.51. The molecule has 2 fully saturated rings. The number of nitrogens with two attached hydrogens (primary N) is 1. The van der Waals surface area contributed by atoms with Crippen molar-refractivity contribution >= 4 is 0 Å². The molecule has 0 radical (unpaired) electrons. The van der Waals surface area contributed by atoms with Crippen LogP contribution in [0, 0.1) is 5.41 Å². The van der Waals surface area contributed by atoms with Gasteiger partial charge in [-0.05, 0) is 44.1 Å². The molecule has 2 N–H and O–H groups in total. The summed E-state index contributed by atoms with van der Waals surface area (Å²) < 4.78 is 0. The van der Waals surface area contributed by atoms with Crippen molar-refractivity contribution < 1.29 is 0 Å². The van der Waals surface area contributed by atoms with Crippen molar-refractivity contribution in [1.29, 1.82) is 0 Å². The molecule has 2 aliphatic rings. The fraction of sp³-hybridized carbons (Fsp3) is 1.00. The number of nitrogens with zero attached hydrogens (tertiary/aromatic N) is 1. The van der Waals surface area contributed by atoms with E-state index in [9.17, 15) is 0 Å². The maximum absolute atomic E-state index is 6.51. The van der Waals surface area contributed by atoms with Gasteiger partial charge in [-0.25, -0.2) is 0 Å². The molecule has 2 heteroatoms. The fourth-order valence-corrected chi connectivity index (χ4v) is 3.83. The minimum Gasteiger partial charge on any atom is -0.326 e. The largest absolute Gasteiger partial charge is 0.326 e. The fourth-order valence-electron chi connectivity index (χ4n) is 3.83. The summed E-state index contributed by atoms with van der Waals surface area (Å²) in [5.41, 5.74) is 6.86. The Kier molecular flexibility index (Phi) is 4.14. The van der Waals surface area contributed by atoms with E-state index in [1.165, 1.54) is 51.5 Å². The quantitative estimate of drug-likeness (QED) is 0.800. The van der Waals surface area contributed by atoms with Crippen LogP contribution < -0.4 is 5.73 Å². The van der Waals surface area contributed by atoms with Gasteiger partial charge in [0.05, 0.1) is 0 Å². The predicted octanol–water partition coefficient (Wildman–Crippen LogP) is 3.16. The highest BCUT2D eigenvalue weighted by molar-refractivity contribution is 5.00. The molecule has 0 aromatic rings. The van der Waals surface area contributed by atoms with E-state index in [4.69, 9.17) is 5.73 Å². The molecule has 17 heavy (non-hydrogen) atoms. The summed E-state index contributed by atoms with van der Waals surface area (Å²) in [6.07, 6.45) is 9.50. The second-order valence-electron chi connectivity index (χ2n) is 6.77. The van der Waals surface area contributed by atoms with Gasteiger partial charge in [0.25, 0.3) is 0 Å². The molecule has 3 unspecified atom stereocenters. The van der Waals surface area contributed by atoms with E-state index in [1.807, 2.05) is 0 Å². The Morgan fingerprint density at radius 1 is 1.18 bits per heavy atom. The maximum atomic E-state index is 6.51. The molecule has 0 aromatic heterocycles. The van der Waals surface area contributed by atoms with Crippen molar-refractivity contribution in [2.75, 3.05) is 6.54 Å². The lowest BCUT2D eigenvalue weighted by Crippen LogP contribution is -2.52. The smallest absolute Gasteiger partial charge is 0.0255 e. The number of hydrogen-bond acceptors (Lipinski definition) is 2. The first-order valence-electron chi connectivity index (χ1n) is 7.57. The SMILES string of the molecule is CCC1CCCCCN1C1CCC(C)(C)C1N. The number of hydrogen-bond donors (Lipinski definition) is 1. The van der Waals surface area contributed by atoms with Crippen molar-refractivity contribution in [2.45, 2.75) is 83.8 Å². The minimum absolute atomic E-state index is 0.343. The average molecular weight is 238 g/mol. The summed E-state index contributed by atoms with van der Waals surface area (Å²) in [4.78, 5) is 2.77. The van der Waals surface area contributed by atoms with Crippen molar-refractivity contribution in [3.8, 4) is 0 Å². The number of likely N-dealkylation sites (tertiary alicyclic amines) is 1. The second-order valence-corrected chi connectivity index (χ2v) is 6.77. The maximum Gasteiger partial charge on any atom is 0.0255 e. The van der Waals surface area contributed by atoms with Crippen LogP contribution in [-0.4, -0.2) is 29.6 Å². The molecule has 0 spiro atoms. The zero-order valence-electron chi connectivity index (χ0n) is 11.9. The van der Waals surface area contributed by atoms with Gasteiger partial charge >= 0.3 is 0 Å². The van der Waals surface area contributed by atoms with Gasteiger partial charge in [0.1, 0.15) is 0 Å². The van der Waals surface area contributed by atoms with Crippen molar-refractivity contribution in [2.24, 2.45) is 11.1 Å². The third-order valence-electron chi connectivity index (χ3n) is 5.22. The zero-order valence-corrected chi connectivity index (χ0v) is 11.9. The van der Waals surface area contributed by atoms with Gasteiger partial charge in [-0.3, -0.25) is 4.90 Å². The van der Waals surface area contributed by atoms with Crippen LogP contribution in [0.1, 0.15) is 65.7 Å². The summed E-state index contributed by atoms with van der Waals surface area (Å²) in [5, 5.41) is 0. The first kappa shape index (κ1) is 13.4. The Labute approximate surface area is 107 Å². The molecule has 1 aliphatic heterocycles. The van der Waals surface area contributed by atoms with Crippen LogP contribution in [-0.2, 0) is 0 Å². The van der Waals surface area contributed by atoms with Crippen molar-refractivity contribution in [3.05, 3.63) is 0 Å². The molecule has 3 atom stereocenters. The lowest BCUT2D eigenvalue weighted by atomic mass is 9.86. The highest BCUT2D eigenvalue weighted by Gasteiger charge is 2.43. The summed E-state index contributed by atoms with van der Waals surface area (Å²) in [6.45, 7) is 8.31. The zero-order chi connectivity index (χ0) is 12.5. The Hall–Kier alpha value is -0.0800. The standard InChI is InChI=1S/C15H30N2/c1-4-12-8-6-5-7-11-17(12)13-9-10-15(2,3)14(13)16/h12-14H,4-11,16H2,1-3H3. The Morgan fingerprint density at radius 3 is 2.53 bits per heavy atom. The van der Waals surface area contributed by atoms with Crippen LogP contribution in [0.3, 0.4) is 0 Å². The van der Waals surface area contributed by atoms with Crippen molar-refractivity contribution in [1.82, 2.24) is 4.90 Å². The van der Waals surface area contributed by atoms with Crippen molar-refractivity contribution in [3.63, 3.8) is 0 Å². The van der Waals surface area contributed by atoms with E-state index in [0.717, 1.165) is 6.04 Å². The van der Waals surface area contributed by atoms with Gasteiger partial charge in [0.15, 0.2) is 0 Å². The molecule has 2 nitrogen and oxygen atoms in total. The predicted molar refractivity (Wildman–Crippen MR) is 74.0 cm³/mol. The van der Waals surface area contributed by atoms with E-state index in [-0.39, 0.29) is 0 Å². The van der Waals surface area contributed by atoms with Gasteiger partial charge in [0, 0.05) is 18.1 Å². The molecule has 0 amide bonds. The molecular formula is C15H30N2. The van der Waals surface area contributed by atoms with Crippen LogP contribution in [0.15, 0.2) is 0 Å². The first-order chi connectivity index (χ1) is 8.06. The van der Waals surface area contributed by atoms with Gasteiger partial charge in [0.2, 0.25) is 0 Å². The molecule has 2 rings (SSSR count). The molecular weight excluding hydrogens is 208 g/mol. The number of rotatable bonds is 2. The van der Waals surface area contributed by atoms with E-state index in [2.05, 4.69) is 25.7 Å². The second kappa shape index (κ2) is 5.27. The monoisotopic (exact) mass is 238 g/mol. The van der Waals surface area contributed by atoms with Gasteiger partial charge in [-0.15, -0.1) is 0 Å². The lowest BCUT2D eigenvalue weighted by Gasteiger charge is -2.39. The highest BCUT2D eigenvalue weighted by Crippen LogP contribution is 2.40. The summed E-state index contributed by atoms with van der Waals surface area (Å²) in [6, 6.07) is 1.81. The lowest BCUT2D eigenvalue weighted by molar-refractivity contribution is 0.112. The summed E-state index contributed by atoms with van der Waals surface area (Å²) in [7, 11) is 0. The molecule has 100 valence electrons. The summed E-state index contributed by atoms with van der Waals surface area (Å²) >= 11 is 0. The Morgan fingerprint density at radius 2 is 1.94 bits per heavy atom. The topological polar surface area (TPSA) is 29.3 Å². The van der Waals surface area contributed by atoms with E-state index >= 15 is 0 Å². The van der Waals surface area contributed by atoms with E-state index in [1.54, 1.807) is 0 Å². The van der Waals surface area contributed by atoms with Crippen LogP contribution in [0.25, 0.3) is 0 Å². The molecule has 1 aliphatic carbocycles. The molecule has 0 bridgehead atoms. The molecule has 0 aromatic carbocycles. The van der Waals surface area contributed by atoms with E-state index < -0.39 is 0 Å². The Bertz CT molecular complexity index is 249. The molecule has 1 saturated heterocycles.